The van der Waals surface area contributed by atoms with Gasteiger partial charge in [0.25, 0.3) is 0 Å². The maximum absolute atomic E-state index is 12.2. The number of aryl methyl sites for hydroxylation is 1. The van der Waals surface area contributed by atoms with E-state index in [1.807, 2.05) is 50.6 Å². The minimum absolute atomic E-state index is 0.167. The summed E-state index contributed by atoms with van der Waals surface area (Å²) in [7, 11) is 1.82. The maximum Gasteiger partial charge on any atom is 0.242 e. The molecule has 1 heterocycles. The van der Waals surface area contributed by atoms with Crippen LogP contribution in [0.15, 0.2) is 30.3 Å². The van der Waals surface area contributed by atoms with E-state index in [0.717, 1.165) is 22.6 Å². The van der Waals surface area contributed by atoms with Crippen LogP contribution in [0.1, 0.15) is 12.0 Å². The highest BCUT2D eigenvalue weighted by Crippen LogP contribution is 2.27. The Morgan fingerprint density at radius 1 is 1.41 bits per heavy atom. The normalized spacial score (nSPS) is 12.2. The number of nitrogens with zero attached hydrogens (tertiary/aromatic N) is 2. The van der Waals surface area contributed by atoms with Gasteiger partial charge in [0, 0.05) is 18.2 Å². The fraction of sp³-hybridized carbons (Fsp3) is 0.375. The van der Waals surface area contributed by atoms with Crippen LogP contribution in [-0.4, -0.2) is 33.7 Å². The number of carbonyl (C=O) groups excluding carboxylic acids is 1. The van der Waals surface area contributed by atoms with E-state index in [9.17, 15) is 4.79 Å². The summed E-state index contributed by atoms with van der Waals surface area (Å²) in [4.78, 5) is 12.2. The average molecular weight is 318 g/mol. The molecule has 22 heavy (non-hydrogen) atoms. The Morgan fingerprint density at radius 2 is 2.09 bits per heavy atom. The molecule has 0 aliphatic heterocycles. The minimum Gasteiger partial charge on any atom is -0.320 e. The third kappa shape index (κ3) is 3.69. The topological polar surface area (TPSA) is 72.9 Å². The lowest BCUT2D eigenvalue weighted by molar-refractivity contribution is -0.117. The van der Waals surface area contributed by atoms with E-state index < -0.39 is 6.04 Å². The Hall–Kier alpha value is -1.79. The Kier molecular flexibility index (Phi) is 5.63. The Balaban J connectivity index is 2.19. The monoisotopic (exact) mass is 318 g/mol. The van der Waals surface area contributed by atoms with Crippen LogP contribution in [0.2, 0.25) is 0 Å². The molecule has 0 spiro atoms. The van der Waals surface area contributed by atoms with E-state index in [1.165, 1.54) is 0 Å². The Labute approximate surface area is 135 Å². The molecular formula is C16H22N4OS. The van der Waals surface area contributed by atoms with E-state index in [-0.39, 0.29) is 5.91 Å². The van der Waals surface area contributed by atoms with Crippen molar-refractivity contribution in [2.75, 3.05) is 17.3 Å². The lowest BCUT2D eigenvalue weighted by atomic mass is 10.1. The molecule has 118 valence electrons. The lowest BCUT2D eigenvalue weighted by Gasteiger charge is -2.12. The van der Waals surface area contributed by atoms with Crippen LogP contribution < -0.4 is 11.1 Å². The Bertz CT molecular complexity index is 639. The number of hydrogen-bond donors (Lipinski definition) is 2. The molecule has 0 aliphatic carbocycles. The number of nitrogens with one attached hydrogen (secondary N) is 1. The zero-order valence-corrected chi connectivity index (χ0v) is 14.0. The van der Waals surface area contributed by atoms with Crippen LogP contribution in [0.3, 0.4) is 0 Å². The van der Waals surface area contributed by atoms with Crippen LogP contribution in [0.5, 0.6) is 0 Å². The van der Waals surface area contributed by atoms with Gasteiger partial charge in [-0.3, -0.25) is 9.48 Å². The lowest BCUT2D eigenvalue weighted by Crippen LogP contribution is -2.36. The van der Waals surface area contributed by atoms with Crippen molar-refractivity contribution in [1.29, 1.82) is 0 Å². The highest BCUT2D eigenvalue weighted by molar-refractivity contribution is 7.98. The van der Waals surface area contributed by atoms with Crippen molar-refractivity contribution >= 4 is 23.5 Å². The molecule has 1 aromatic carbocycles. The number of thioether (sulfide) groups is 1. The summed E-state index contributed by atoms with van der Waals surface area (Å²) in [6.45, 7) is 1.96. The largest absolute Gasteiger partial charge is 0.320 e. The van der Waals surface area contributed by atoms with Gasteiger partial charge in [0.2, 0.25) is 5.91 Å². The fourth-order valence-electron chi connectivity index (χ4n) is 2.26. The van der Waals surface area contributed by atoms with Crippen LogP contribution in [0, 0.1) is 6.92 Å². The number of aromatic nitrogens is 2. The van der Waals surface area contributed by atoms with Gasteiger partial charge in [-0.2, -0.15) is 16.9 Å². The van der Waals surface area contributed by atoms with Gasteiger partial charge in [0.05, 0.1) is 11.7 Å². The molecule has 1 atom stereocenters. The molecule has 0 saturated carbocycles. The van der Waals surface area contributed by atoms with Crippen molar-refractivity contribution in [2.45, 2.75) is 19.4 Å². The SMILES string of the molecule is CSCCC(N)C(=O)Nc1c(C)c(-c2ccccc2)nn1C. The first-order valence-corrected chi connectivity index (χ1v) is 8.58. The predicted octanol–water partition coefficient (Wildman–Crippen LogP) is 2.41. The van der Waals surface area contributed by atoms with Crippen molar-refractivity contribution in [1.82, 2.24) is 9.78 Å². The van der Waals surface area contributed by atoms with Gasteiger partial charge in [-0.05, 0) is 25.4 Å². The third-order valence-electron chi connectivity index (χ3n) is 3.54. The molecule has 5 nitrogen and oxygen atoms in total. The summed E-state index contributed by atoms with van der Waals surface area (Å²) in [5.74, 6) is 1.40. The summed E-state index contributed by atoms with van der Waals surface area (Å²) in [6.07, 6.45) is 2.66. The van der Waals surface area contributed by atoms with Crippen LogP contribution >= 0.6 is 11.8 Å². The molecule has 1 unspecified atom stereocenters. The molecule has 2 rings (SSSR count). The molecular weight excluding hydrogens is 296 g/mol. The van der Waals surface area contributed by atoms with Gasteiger partial charge in [0.1, 0.15) is 5.82 Å². The molecule has 3 N–H and O–H groups in total. The molecule has 2 aromatic rings. The first-order chi connectivity index (χ1) is 10.5. The molecule has 1 aromatic heterocycles. The van der Waals surface area contributed by atoms with E-state index >= 15 is 0 Å². The van der Waals surface area contributed by atoms with Gasteiger partial charge in [-0.15, -0.1) is 0 Å². The Morgan fingerprint density at radius 3 is 2.73 bits per heavy atom. The van der Waals surface area contributed by atoms with Crippen molar-refractivity contribution < 1.29 is 4.79 Å². The van der Waals surface area contributed by atoms with Crippen LogP contribution in [-0.2, 0) is 11.8 Å². The number of rotatable bonds is 6. The number of amides is 1. The fourth-order valence-corrected chi connectivity index (χ4v) is 2.75. The zero-order valence-electron chi connectivity index (χ0n) is 13.2. The third-order valence-corrected chi connectivity index (χ3v) is 4.19. The van der Waals surface area contributed by atoms with Crippen molar-refractivity contribution in [2.24, 2.45) is 12.8 Å². The van der Waals surface area contributed by atoms with Gasteiger partial charge >= 0.3 is 0 Å². The van der Waals surface area contributed by atoms with E-state index in [0.29, 0.717) is 12.2 Å². The van der Waals surface area contributed by atoms with Gasteiger partial charge in [-0.1, -0.05) is 30.3 Å². The van der Waals surface area contributed by atoms with Gasteiger partial charge in [0.15, 0.2) is 0 Å². The summed E-state index contributed by atoms with van der Waals surface area (Å²) in [5, 5.41) is 7.42. The smallest absolute Gasteiger partial charge is 0.242 e. The maximum atomic E-state index is 12.2. The van der Waals surface area contributed by atoms with E-state index in [4.69, 9.17) is 5.73 Å². The van der Waals surface area contributed by atoms with Crippen molar-refractivity contribution in [3.05, 3.63) is 35.9 Å². The first-order valence-electron chi connectivity index (χ1n) is 7.19. The first kappa shape index (κ1) is 16.6. The number of benzene rings is 1. The molecule has 0 saturated heterocycles. The van der Waals surface area contributed by atoms with Gasteiger partial charge < -0.3 is 11.1 Å². The van der Waals surface area contributed by atoms with Crippen molar-refractivity contribution in [3.63, 3.8) is 0 Å². The minimum atomic E-state index is -0.498. The van der Waals surface area contributed by atoms with Gasteiger partial charge in [-0.25, -0.2) is 0 Å². The van der Waals surface area contributed by atoms with Crippen molar-refractivity contribution in [3.8, 4) is 11.3 Å². The second-order valence-electron chi connectivity index (χ2n) is 5.19. The molecule has 6 heteroatoms. The van der Waals surface area contributed by atoms with Crippen LogP contribution in [0.25, 0.3) is 11.3 Å². The number of anilines is 1. The summed E-state index contributed by atoms with van der Waals surface area (Å²) in [6, 6.07) is 9.42. The van der Waals surface area contributed by atoms with E-state index in [1.54, 1.807) is 16.4 Å². The molecule has 0 aliphatic rings. The molecule has 0 bridgehead atoms. The number of carbonyl (C=O) groups is 1. The second-order valence-corrected chi connectivity index (χ2v) is 6.17. The molecule has 0 radical (unpaired) electrons. The summed E-state index contributed by atoms with van der Waals surface area (Å²) >= 11 is 1.68. The van der Waals surface area contributed by atoms with Crippen LogP contribution in [0.4, 0.5) is 5.82 Å². The second kappa shape index (κ2) is 7.47. The quantitative estimate of drug-likeness (QED) is 0.858. The molecule has 1 amide bonds. The number of nitrogens with two attached hydrogens (primary N) is 1. The summed E-state index contributed by atoms with van der Waals surface area (Å²) < 4.78 is 1.69. The zero-order chi connectivity index (χ0) is 16.1. The molecule has 0 fully saturated rings. The predicted molar refractivity (Wildman–Crippen MR) is 93.0 cm³/mol. The highest BCUT2D eigenvalue weighted by atomic mass is 32.2. The van der Waals surface area contributed by atoms with E-state index in [2.05, 4.69) is 10.4 Å². The highest BCUT2D eigenvalue weighted by Gasteiger charge is 2.19. The average Bonchev–Trinajstić information content (AvgIpc) is 2.81. The summed E-state index contributed by atoms with van der Waals surface area (Å²) in [5.41, 5.74) is 8.76. The number of hydrogen-bond acceptors (Lipinski definition) is 4. The standard InChI is InChI=1S/C16H22N4OS/c1-11-14(12-7-5-4-6-8-12)19-20(2)15(11)18-16(21)13(17)9-10-22-3/h4-8,13H,9-10,17H2,1-3H3,(H,18,21).